The quantitative estimate of drug-likeness (QED) is 0.927. The van der Waals surface area contributed by atoms with Gasteiger partial charge in [-0.25, -0.2) is 9.37 Å². The third-order valence-electron chi connectivity index (χ3n) is 3.89. The van der Waals surface area contributed by atoms with E-state index in [-0.39, 0.29) is 12.4 Å². The summed E-state index contributed by atoms with van der Waals surface area (Å²) in [7, 11) is 0. The fraction of sp³-hybridized carbons (Fsp3) is 0.353. The lowest BCUT2D eigenvalue weighted by Gasteiger charge is -2.22. The topological polar surface area (TPSA) is 34.1 Å². The van der Waals surface area contributed by atoms with Crippen molar-refractivity contribution in [1.29, 1.82) is 0 Å². The smallest absolute Gasteiger partial charge is 0.213 e. The van der Waals surface area contributed by atoms with E-state index in [0.717, 1.165) is 31.6 Å². The summed E-state index contributed by atoms with van der Waals surface area (Å²) in [4.78, 5) is 4.56. The second-order valence-electron chi connectivity index (χ2n) is 5.45. The number of piperidine rings is 1. The van der Waals surface area contributed by atoms with Crippen molar-refractivity contribution in [2.75, 3.05) is 13.1 Å². The first-order valence-electron chi connectivity index (χ1n) is 7.47. The summed E-state index contributed by atoms with van der Waals surface area (Å²) >= 11 is 5.88. The zero-order valence-electron chi connectivity index (χ0n) is 12.2. The largest absolute Gasteiger partial charge is 0.473 e. The Hall–Kier alpha value is -1.65. The van der Waals surface area contributed by atoms with Crippen LogP contribution in [0.1, 0.15) is 30.0 Å². The second kappa shape index (κ2) is 7.07. The number of hydrogen-bond acceptors (Lipinski definition) is 3. The fourth-order valence-corrected chi connectivity index (χ4v) is 2.86. The monoisotopic (exact) mass is 320 g/mol. The van der Waals surface area contributed by atoms with E-state index in [1.807, 2.05) is 12.1 Å². The van der Waals surface area contributed by atoms with Gasteiger partial charge in [0.05, 0.1) is 0 Å². The molecule has 0 spiro atoms. The molecule has 5 heteroatoms. The van der Waals surface area contributed by atoms with Crippen molar-refractivity contribution >= 4 is 11.6 Å². The molecule has 0 bridgehead atoms. The Labute approximate surface area is 134 Å². The van der Waals surface area contributed by atoms with Gasteiger partial charge in [0.1, 0.15) is 12.4 Å². The van der Waals surface area contributed by atoms with Crippen molar-refractivity contribution in [2.24, 2.45) is 0 Å². The van der Waals surface area contributed by atoms with E-state index in [0.29, 0.717) is 22.4 Å². The van der Waals surface area contributed by atoms with Crippen LogP contribution in [0, 0.1) is 5.82 Å². The highest BCUT2D eigenvalue weighted by atomic mass is 35.5. The van der Waals surface area contributed by atoms with E-state index >= 15 is 0 Å². The predicted octanol–water partition coefficient (Wildman–Crippen LogP) is 3.92. The maximum absolute atomic E-state index is 13.7. The number of hydrogen-bond donors (Lipinski definition) is 1. The molecule has 3 nitrogen and oxygen atoms in total. The number of rotatable bonds is 4. The van der Waals surface area contributed by atoms with Gasteiger partial charge in [-0.2, -0.15) is 0 Å². The van der Waals surface area contributed by atoms with Gasteiger partial charge >= 0.3 is 0 Å². The van der Waals surface area contributed by atoms with Crippen LogP contribution in [-0.2, 0) is 6.61 Å². The number of ether oxygens (including phenoxy) is 1. The molecular weight excluding hydrogens is 303 g/mol. The molecule has 0 radical (unpaired) electrons. The normalized spacial score (nSPS) is 15.7. The minimum absolute atomic E-state index is 0.120. The van der Waals surface area contributed by atoms with Gasteiger partial charge in [0, 0.05) is 28.3 Å². The number of benzene rings is 1. The molecule has 0 unspecified atom stereocenters. The molecule has 1 aromatic heterocycles. The molecule has 1 N–H and O–H groups in total. The Bertz CT molecular complexity index is 644. The molecule has 116 valence electrons. The zero-order chi connectivity index (χ0) is 15.4. The Morgan fingerprint density at radius 3 is 2.86 bits per heavy atom. The first kappa shape index (κ1) is 15.3. The maximum Gasteiger partial charge on any atom is 0.213 e. The van der Waals surface area contributed by atoms with Gasteiger partial charge in [0.25, 0.3) is 0 Å². The highest BCUT2D eigenvalue weighted by molar-refractivity contribution is 6.30. The summed E-state index contributed by atoms with van der Waals surface area (Å²) in [6, 6.07) is 10.2. The van der Waals surface area contributed by atoms with Crippen LogP contribution in [0.2, 0.25) is 5.02 Å². The molecular formula is C17H18ClFN2O. The summed E-state index contributed by atoms with van der Waals surface area (Å²) in [6.45, 7) is 2.16. The van der Waals surface area contributed by atoms with Crippen molar-refractivity contribution < 1.29 is 9.13 Å². The fourth-order valence-electron chi connectivity index (χ4n) is 2.66. The van der Waals surface area contributed by atoms with Gasteiger partial charge in [-0.3, -0.25) is 0 Å². The highest BCUT2D eigenvalue weighted by Crippen LogP contribution is 2.25. The van der Waals surface area contributed by atoms with Crippen molar-refractivity contribution in [3.63, 3.8) is 0 Å². The number of halogens is 2. The van der Waals surface area contributed by atoms with Gasteiger partial charge in [-0.1, -0.05) is 17.7 Å². The molecule has 3 rings (SSSR count). The lowest BCUT2D eigenvalue weighted by atomic mass is 9.94. The summed E-state index contributed by atoms with van der Waals surface area (Å²) in [5.41, 5.74) is 1.48. The Balaban J connectivity index is 1.68. The van der Waals surface area contributed by atoms with Crippen LogP contribution >= 0.6 is 11.6 Å². The van der Waals surface area contributed by atoms with Gasteiger partial charge in [0.15, 0.2) is 0 Å². The molecule has 2 aromatic rings. The van der Waals surface area contributed by atoms with Crippen molar-refractivity contribution in [1.82, 2.24) is 10.3 Å². The van der Waals surface area contributed by atoms with Gasteiger partial charge in [0.2, 0.25) is 5.88 Å². The Morgan fingerprint density at radius 2 is 2.05 bits per heavy atom. The zero-order valence-corrected chi connectivity index (χ0v) is 12.9. The number of aromatic nitrogens is 1. The number of nitrogens with zero attached hydrogens (tertiary/aromatic N) is 1. The average Bonchev–Trinajstić information content (AvgIpc) is 2.57. The molecule has 1 saturated heterocycles. The van der Waals surface area contributed by atoms with Crippen LogP contribution in [0.15, 0.2) is 36.4 Å². The third-order valence-corrected chi connectivity index (χ3v) is 4.12. The van der Waals surface area contributed by atoms with Crippen LogP contribution in [0.5, 0.6) is 5.88 Å². The van der Waals surface area contributed by atoms with Crippen LogP contribution in [0.3, 0.4) is 0 Å². The van der Waals surface area contributed by atoms with Crippen LogP contribution in [0.4, 0.5) is 4.39 Å². The molecule has 1 fully saturated rings. The van der Waals surface area contributed by atoms with Crippen LogP contribution in [0.25, 0.3) is 0 Å². The third kappa shape index (κ3) is 3.76. The summed E-state index contributed by atoms with van der Waals surface area (Å²) < 4.78 is 19.3. The van der Waals surface area contributed by atoms with E-state index in [1.54, 1.807) is 12.1 Å². The molecule has 1 aliphatic rings. The standard InChI is InChI=1S/C17H18ClFN2O/c18-14-4-5-15(19)13(10-14)11-22-17-3-1-2-16(21-17)12-6-8-20-9-7-12/h1-5,10,12,20H,6-9,11H2. The summed E-state index contributed by atoms with van der Waals surface area (Å²) in [6.07, 6.45) is 2.17. The van der Waals surface area contributed by atoms with Crippen LogP contribution in [-0.4, -0.2) is 18.1 Å². The average molecular weight is 321 g/mol. The number of pyridine rings is 1. The lowest BCUT2D eigenvalue weighted by molar-refractivity contribution is 0.286. The SMILES string of the molecule is Fc1ccc(Cl)cc1COc1cccc(C2CCNCC2)n1. The molecule has 2 heterocycles. The van der Waals surface area contributed by atoms with Gasteiger partial charge in [-0.15, -0.1) is 0 Å². The van der Waals surface area contributed by atoms with Crippen molar-refractivity contribution in [3.05, 3.63) is 58.5 Å². The van der Waals surface area contributed by atoms with Crippen molar-refractivity contribution in [3.8, 4) is 5.88 Å². The first-order valence-corrected chi connectivity index (χ1v) is 7.84. The Morgan fingerprint density at radius 1 is 1.23 bits per heavy atom. The highest BCUT2D eigenvalue weighted by Gasteiger charge is 2.16. The number of nitrogens with one attached hydrogen (secondary N) is 1. The van der Waals surface area contributed by atoms with E-state index in [4.69, 9.17) is 16.3 Å². The summed E-state index contributed by atoms with van der Waals surface area (Å²) in [5.74, 6) is 0.669. The molecule has 1 aliphatic heterocycles. The predicted molar refractivity (Wildman–Crippen MR) is 84.8 cm³/mol. The van der Waals surface area contributed by atoms with Gasteiger partial charge in [-0.05, 0) is 50.2 Å². The van der Waals surface area contributed by atoms with E-state index < -0.39 is 0 Å². The van der Waals surface area contributed by atoms with E-state index in [1.165, 1.54) is 12.1 Å². The molecule has 0 amide bonds. The van der Waals surface area contributed by atoms with Crippen molar-refractivity contribution in [2.45, 2.75) is 25.4 Å². The van der Waals surface area contributed by atoms with E-state index in [2.05, 4.69) is 10.3 Å². The Kier molecular flexibility index (Phi) is 4.90. The lowest BCUT2D eigenvalue weighted by Crippen LogP contribution is -2.27. The van der Waals surface area contributed by atoms with Crippen LogP contribution < -0.4 is 10.1 Å². The molecule has 0 aliphatic carbocycles. The molecule has 0 atom stereocenters. The first-order chi connectivity index (χ1) is 10.7. The minimum Gasteiger partial charge on any atom is -0.473 e. The maximum atomic E-state index is 13.7. The minimum atomic E-state index is -0.320. The second-order valence-corrected chi connectivity index (χ2v) is 5.89. The molecule has 1 aromatic carbocycles. The summed E-state index contributed by atoms with van der Waals surface area (Å²) in [5, 5.41) is 3.84. The molecule has 0 saturated carbocycles. The van der Waals surface area contributed by atoms with E-state index in [9.17, 15) is 4.39 Å². The molecule has 22 heavy (non-hydrogen) atoms. The van der Waals surface area contributed by atoms with Gasteiger partial charge < -0.3 is 10.1 Å².